The topological polar surface area (TPSA) is 139 Å². The fourth-order valence-corrected chi connectivity index (χ4v) is 2.99. The molecule has 1 aromatic rings. The number of amides is 2. The van der Waals surface area contributed by atoms with Gasteiger partial charge in [0.05, 0.1) is 18.6 Å². The van der Waals surface area contributed by atoms with Gasteiger partial charge >= 0.3 is 0 Å². The molecular weight excluding hydrogens is 384 g/mol. The van der Waals surface area contributed by atoms with E-state index < -0.39 is 32.9 Å². The molecule has 0 aliphatic rings. The molecule has 0 saturated carbocycles. The van der Waals surface area contributed by atoms with E-state index in [0.29, 0.717) is 24.3 Å². The molecule has 1 aromatic carbocycles. The molecule has 1 unspecified atom stereocenters. The van der Waals surface area contributed by atoms with Crippen LogP contribution >= 0.6 is 0 Å². The molecule has 0 aliphatic carbocycles. The van der Waals surface area contributed by atoms with Crippen molar-refractivity contribution >= 4 is 33.0 Å². The van der Waals surface area contributed by atoms with Gasteiger partial charge in [0, 0.05) is 24.2 Å². The van der Waals surface area contributed by atoms with Gasteiger partial charge in [0.25, 0.3) is 21.9 Å². The van der Waals surface area contributed by atoms with Crippen LogP contribution in [-0.4, -0.2) is 60.7 Å². The Morgan fingerprint density at radius 1 is 1.12 bits per heavy atom. The Balaban J connectivity index is 2.49. The van der Waals surface area contributed by atoms with Crippen LogP contribution in [0.1, 0.15) is 33.6 Å². The molecule has 0 aliphatic heterocycles. The van der Waals surface area contributed by atoms with E-state index in [1.807, 2.05) is 0 Å². The minimum absolute atomic E-state index is 0.0751. The molecule has 9 nitrogen and oxygen atoms in total. The minimum Gasteiger partial charge on any atom is -0.352 e. The van der Waals surface area contributed by atoms with E-state index in [-0.39, 0.29) is 24.4 Å². The quantitative estimate of drug-likeness (QED) is 0.350. The van der Waals surface area contributed by atoms with Crippen molar-refractivity contribution in [1.82, 2.24) is 10.6 Å². The van der Waals surface area contributed by atoms with Crippen LogP contribution in [0.5, 0.6) is 0 Å². The zero-order valence-corrected chi connectivity index (χ0v) is 15.9. The van der Waals surface area contributed by atoms with Crippen molar-refractivity contribution in [3.05, 3.63) is 35.4 Å². The second kappa shape index (κ2) is 11.0. The summed E-state index contributed by atoms with van der Waals surface area (Å²) in [5.41, 5.74) is 0.549. The van der Waals surface area contributed by atoms with Gasteiger partial charge in [0.2, 0.25) is 0 Å². The Labute approximate surface area is 154 Å². The van der Waals surface area contributed by atoms with Crippen LogP contribution in [0, 0.1) is 0 Å². The average Bonchev–Trinajstić information content (AvgIpc) is 2.61. The highest BCUT2D eigenvalue weighted by Crippen LogP contribution is 2.06. The van der Waals surface area contributed by atoms with Crippen molar-refractivity contribution in [1.29, 1.82) is 0 Å². The summed E-state index contributed by atoms with van der Waals surface area (Å²) in [6.07, 6.45) is 0.563. The van der Waals surface area contributed by atoms with Crippen molar-refractivity contribution in [3.8, 4) is 0 Å². The first-order valence-corrected chi connectivity index (χ1v) is 10.6. The van der Waals surface area contributed by atoms with Gasteiger partial charge in [-0.1, -0.05) is 6.07 Å². The number of carbonyl (C=O) groups is 2. The Hall–Kier alpha value is -1.82. The lowest BCUT2D eigenvalue weighted by Gasteiger charge is -2.08. The smallest absolute Gasteiger partial charge is 0.264 e. The first-order valence-electron chi connectivity index (χ1n) is 7.77. The van der Waals surface area contributed by atoms with E-state index in [1.54, 1.807) is 12.1 Å². The Morgan fingerprint density at radius 3 is 2.15 bits per heavy atom. The molecule has 1 atom stereocenters. The maximum atomic E-state index is 12.1. The summed E-state index contributed by atoms with van der Waals surface area (Å²) >= 11 is -1.36. The molecule has 0 saturated heterocycles. The molecule has 11 heteroatoms. The zero-order valence-electron chi connectivity index (χ0n) is 14.3. The fraction of sp³-hybridized carbons (Fsp3) is 0.467. The number of nitrogens with one attached hydrogen (secondary N) is 2. The maximum Gasteiger partial charge on any atom is 0.264 e. The monoisotopic (exact) mass is 406 g/mol. The third-order valence-corrected chi connectivity index (χ3v) is 5.01. The molecule has 0 bridgehead atoms. The molecule has 146 valence electrons. The minimum atomic E-state index is -4.05. The van der Waals surface area contributed by atoms with E-state index in [2.05, 4.69) is 14.8 Å². The summed E-state index contributed by atoms with van der Waals surface area (Å²) in [6, 6.07) is 6.05. The molecular formula is C15H22N2O7S2. The third-order valence-electron chi connectivity index (χ3n) is 3.21. The Bertz CT molecular complexity index is 750. The molecule has 0 spiro atoms. The van der Waals surface area contributed by atoms with Crippen molar-refractivity contribution in [2.24, 2.45) is 0 Å². The van der Waals surface area contributed by atoms with E-state index >= 15 is 0 Å². The third kappa shape index (κ3) is 9.04. The first-order chi connectivity index (χ1) is 12.2. The molecule has 3 N–H and O–H groups in total. The van der Waals surface area contributed by atoms with Crippen LogP contribution in [0.25, 0.3) is 0 Å². The van der Waals surface area contributed by atoms with Gasteiger partial charge in [-0.25, -0.2) is 4.21 Å². The van der Waals surface area contributed by atoms with Crippen molar-refractivity contribution < 1.29 is 31.0 Å². The Morgan fingerprint density at radius 2 is 1.65 bits per heavy atom. The van der Waals surface area contributed by atoms with Gasteiger partial charge in [0.1, 0.15) is 0 Å². The normalized spacial score (nSPS) is 12.4. The highest BCUT2D eigenvalue weighted by atomic mass is 32.2. The van der Waals surface area contributed by atoms with Crippen LogP contribution in [-0.2, 0) is 25.4 Å². The lowest BCUT2D eigenvalue weighted by atomic mass is 10.1. The van der Waals surface area contributed by atoms with E-state index in [0.717, 1.165) is 0 Å². The van der Waals surface area contributed by atoms with Crippen LogP contribution in [0.4, 0.5) is 0 Å². The largest absolute Gasteiger partial charge is 0.352 e. The van der Waals surface area contributed by atoms with Gasteiger partial charge in [-0.05, 0) is 31.0 Å². The van der Waals surface area contributed by atoms with Crippen LogP contribution in [0.3, 0.4) is 0 Å². The van der Waals surface area contributed by atoms with Gasteiger partial charge in [-0.15, -0.1) is 0 Å². The number of hydrogen-bond acceptors (Lipinski definition) is 6. The molecule has 1 rings (SSSR count). The molecule has 0 aromatic heterocycles. The average molecular weight is 406 g/mol. The second-order valence-corrected chi connectivity index (χ2v) is 8.18. The summed E-state index contributed by atoms with van der Waals surface area (Å²) in [5.74, 6) is -0.952. The lowest BCUT2D eigenvalue weighted by Crippen LogP contribution is -2.28. The highest BCUT2D eigenvalue weighted by molar-refractivity contribution is 7.85. The predicted octanol–water partition coefficient (Wildman–Crippen LogP) is 0.124. The SMILES string of the molecule is COS(=O)CCCNC(=O)c1cccc(C(=O)NCCCS(=O)(=O)O)c1. The van der Waals surface area contributed by atoms with Gasteiger partial charge in [-0.2, -0.15) is 8.42 Å². The van der Waals surface area contributed by atoms with E-state index in [9.17, 15) is 22.2 Å². The lowest BCUT2D eigenvalue weighted by molar-refractivity contribution is 0.0953. The van der Waals surface area contributed by atoms with Crippen molar-refractivity contribution in [2.45, 2.75) is 12.8 Å². The Kier molecular flexibility index (Phi) is 9.41. The van der Waals surface area contributed by atoms with E-state index in [1.165, 1.54) is 19.2 Å². The van der Waals surface area contributed by atoms with Crippen molar-refractivity contribution in [2.75, 3.05) is 31.7 Å². The van der Waals surface area contributed by atoms with Gasteiger partial charge < -0.3 is 10.6 Å². The first kappa shape index (κ1) is 22.2. The standard InChI is InChI=1S/C15H22N2O7S2/c1-24-25(20)9-3-7-16-14(18)12-5-2-6-13(11-12)15(19)17-8-4-10-26(21,22)23/h2,5-6,11H,3-4,7-10H2,1H3,(H,16,18)(H,17,19)(H,21,22,23). The maximum absolute atomic E-state index is 12.1. The summed E-state index contributed by atoms with van der Waals surface area (Å²) in [4.78, 5) is 24.1. The number of benzene rings is 1. The predicted molar refractivity (Wildman–Crippen MR) is 96.8 cm³/mol. The molecule has 0 radical (unpaired) electrons. The second-order valence-electron chi connectivity index (χ2n) is 5.26. The number of rotatable bonds is 11. The summed E-state index contributed by atoms with van der Waals surface area (Å²) in [5, 5.41) is 5.17. The zero-order chi connectivity index (χ0) is 19.6. The number of hydrogen-bond donors (Lipinski definition) is 3. The van der Waals surface area contributed by atoms with E-state index in [4.69, 9.17) is 4.55 Å². The van der Waals surface area contributed by atoms with Crippen LogP contribution in [0.2, 0.25) is 0 Å². The molecule has 0 fully saturated rings. The fourth-order valence-electron chi connectivity index (χ4n) is 1.94. The molecule has 26 heavy (non-hydrogen) atoms. The summed E-state index contributed by atoms with van der Waals surface area (Å²) in [6.45, 7) is 0.395. The highest BCUT2D eigenvalue weighted by Gasteiger charge is 2.11. The molecule has 2 amide bonds. The van der Waals surface area contributed by atoms with Crippen molar-refractivity contribution in [3.63, 3.8) is 0 Å². The van der Waals surface area contributed by atoms with Crippen LogP contribution < -0.4 is 10.6 Å². The summed E-state index contributed by atoms with van der Waals surface area (Å²) in [7, 11) is -2.71. The molecule has 0 heterocycles. The van der Waals surface area contributed by atoms with Gasteiger partial charge in [0.15, 0.2) is 11.1 Å². The summed E-state index contributed by atoms with van der Waals surface area (Å²) < 4.78 is 45.5. The van der Waals surface area contributed by atoms with Gasteiger partial charge in [-0.3, -0.25) is 18.3 Å². The van der Waals surface area contributed by atoms with Crippen LogP contribution in [0.15, 0.2) is 24.3 Å². The number of carbonyl (C=O) groups excluding carboxylic acids is 2.